The van der Waals surface area contributed by atoms with Crippen LogP contribution in [0.3, 0.4) is 0 Å². The van der Waals surface area contributed by atoms with Crippen molar-refractivity contribution in [3.63, 3.8) is 0 Å². The van der Waals surface area contributed by atoms with Crippen LogP contribution in [0.25, 0.3) is 0 Å². The number of rotatable bonds is 4. The summed E-state index contributed by atoms with van der Waals surface area (Å²) < 4.78 is 40.0. The van der Waals surface area contributed by atoms with Crippen LogP contribution < -0.4 is 16.0 Å². The Morgan fingerprint density at radius 1 is 1.33 bits per heavy atom. The van der Waals surface area contributed by atoms with E-state index in [0.717, 1.165) is 18.3 Å². The molecule has 0 atom stereocenters. The molecule has 0 aliphatic rings. The summed E-state index contributed by atoms with van der Waals surface area (Å²) in [4.78, 5) is 3.71. The fourth-order valence-electron chi connectivity index (χ4n) is 1.46. The van der Waals surface area contributed by atoms with Gasteiger partial charge in [-0.05, 0) is 40.2 Å². The molecule has 0 amide bonds. The van der Waals surface area contributed by atoms with Gasteiger partial charge in [-0.1, -0.05) is 11.6 Å². The molecule has 0 unspecified atom stereocenters. The van der Waals surface area contributed by atoms with E-state index in [2.05, 4.69) is 31.1 Å². The predicted octanol–water partition coefficient (Wildman–Crippen LogP) is 2.72. The second-order valence-corrected chi connectivity index (χ2v) is 6.82. The third-order valence-electron chi connectivity index (χ3n) is 2.44. The van der Waals surface area contributed by atoms with Crippen LogP contribution in [-0.2, 0) is 10.0 Å². The summed E-state index contributed by atoms with van der Waals surface area (Å²) in [5.74, 6) is 4.88. The molecule has 0 aliphatic carbocycles. The molecule has 2 rings (SSSR count). The summed E-state index contributed by atoms with van der Waals surface area (Å²) in [6, 6.07) is 4.82. The SMILES string of the molecule is NNc1ccc(S(=O)(=O)Nc2c(Cl)cc(F)cc2Br)cn1. The van der Waals surface area contributed by atoms with E-state index < -0.39 is 15.8 Å². The van der Waals surface area contributed by atoms with Gasteiger partial charge in [0.2, 0.25) is 0 Å². The number of nitrogens with zero attached hydrogens (tertiary/aromatic N) is 1. The van der Waals surface area contributed by atoms with Gasteiger partial charge in [0, 0.05) is 10.7 Å². The van der Waals surface area contributed by atoms with Crippen molar-refractivity contribution < 1.29 is 12.8 Å². The van der Waals surface area contributed by atoms with Crippen molar-refractivity contribution in [1.29, 1.82) is 0 Å². The molecule has 0 fully saturated rings. The molecule has 0 aliphatic heterocycles. The minimum Gasteiger partial charge on any atom is -0.308 e. The number of halogens is 3. The Labute approximate surface area is 133 Å². The normalized spacial score (nSPS) is 11.2. The average Bonchev–Trinajstić information content (AvgIpc) is 2.43. The van der Waals surface area contributed by atoms with Gasteiger partial charge in [0.1, 0.15) is 16.5 Å². The fraction of sp³-hybridized carbons (Fsp3) is 0. The molecular formula is C11H9BrClFN4O2S. The van der Waals surface area contributed by atoms with Crippen LogP contribution in [0.15, 0.2) is 39.8 Å². The van der Waals surface area contributed by atoms with Crippen molar-refractivity contribution in [2.24, 2.45) is 5.84 Å². The Morgan fingerprint density at radius 3 is 2.57 bits per heavy atom. The van der Waals surface area contributed by atoms with Gasteiger partial charge in [-0.3, -0.25) is 4.72 Å². The number of nitrogens with one attached hydrogen (secondary N) is 2. The first-order valence-corrected chi connectivity index (χ1v) is 8.09. The summed E-state index contributed by atoms with van der Waals surface area (Å²) in [5, 5.41) is -0.0707. The molecular weight excluding hydrogens is 387 g/mol. The van der Waals surface area contributed by atoms with Crippen molar-refractivity contribution in [3.8, 4) is 0 Å². The number of pyridine rings is 1. The molecule has 4 N–H and O–H groups in total. The molecule has 0 radical (unpaired) electrons. The van der Waals surface area contributed by atoms with Gasteiger partial charge in [-0.2, -0.15) is 0 Å². The average molecular weight is 396 g/mol. The number of sulfonamides is 1. The Balaban J connectivity index is 2.37. The Kier molecular flexibility index (Phi) is 4.67. The lowest BCUT2D eigenvalue weighted by Gasteiger charge is -2.11. The predicted molar refractivity (Wildman–Crippen MR) is 82.0 cm³/mol. The minimum absolute atomic E-state index is 0.0408. The number of nitrogens with two attached hydrogens (primary N) is 1. The molecule has 112 valence electrons. The minimum atomic E-state index is -3.91. The van der Waals surface area contributed by atoms with E-state index in [1.165, 1.54) is 12.1 Å². The number of hydrogen-bond acceptors (Lipinski definition) is 5. The Bertz CT molecular complexity index is 747. The van der Waals surface area contributed by atoms with E-state index in [0.29, 0.717) is 5.82 Å². The third-order valence-corrected chi connectivity index (χ3v) is 4.70. The zero-order valence-electron chi connectivity index (χ0n) is 10.3. The molecule has 0 saturated heterocycles. The maximum atomic E-state index is 13.1. The van der Waals surface area contributed by atoms with E-state index in [4.69, 9.17) is 17.4 Å². The quantitative estimate of drug-likeness (QED) is 0.546. The third kappa shape index (κ3) is 3.62. The lowest BCUT2D eigenvalue weighted by atomic mass is 10.3. The number of nitrogen functional groups attached to an aromatic ring is 1. The van der Waals surface area contributed by atoms with Gasteiger partial charge in [-0.25, -0.2) is 23.6 Å². The molecule has 0 bridgehead atoms. The van der Waals surface area contributed by atoms with Crippen LogP contribution in [-0.4, -0.2) is 13.4 Å². The van der Waals surface area contributed by atoms with Crippen LogP contribution in [0.5, 0.6) is 0 Å². The van der Waals surface area contributed by atoms with E-state index in [9.17, 15) is 12.8 Å². The lowest BCUT2D eigenvalue weighted by molar-refractivity contribution is 0.600. The van der Waals surface area contributed by atoms with Gasteiger partial charge < -0.3 is 5.43 Å². The lowest BCUT2D eigenvalue weighted by Crippen LogP contribution is -2.15. The van der Waals surface area contributed by atoms with Crippen molar-refractivity contribution in [2.45, 2.75) is 4.90 Å². The second-order valence-electron chi connectivity index (χ2n) is 3.87. The van der Waals surface area contributed by atoms with Crippen molar-refractivity contribution in [3.05, 3.63) is 45.8 Å². The monoisotopic (exact) mass is 394 g/mol. The highest BCUT2D eigenvalue weighted by Gasteiger charge is 2.18. The summed E-state index contributed by atoms with van der Waals surface area (Å²) in [6.45, 7) is 0. The van der Waals surface area contributed by atoms with Crippen LogP contribution in [0.2, 0.25) is 5.02 Å². The number of benzene rings is 1. The summed E-state index contributed by atoms with van der Waals surface area (Å²) in [5.41, 5.74) is 2.32. The standard InChI is InChI=1S/C11H9BrClFN4O2S/c12-8-3-6(14)4-9(13)11(8)18-21(19,20)7-1-2-10(17-15)16-5-7/h1-5,18H,15H2,(H,16,17). The first-order chi connectivity index (χ1) is 9.83. The fourth-order valence-corrected chi connectivity index (χ4v) is 3.59. The first-order valence-electron chi connectivity index (χ1n) is 5.43. The molecule has 21 heavy (non-hydrogen) atoms. The summed E-state index contributed by atoms with van der Waals surface area (Å²) >= 11 is 8.89. The molecule has 1 heterocycles. The zero-order chi connectivity index (χ0) is 15.6. The van der Waals surface area contributed by atoms with Gasteiger partial charge in [-0.15, -0.1) is 0 Å². The maximum absolute atomic E-state index is 13.1. The Morgan fingerprint density at radius 2 is 2.05 bits per heavy atom. The van der Waals surface area contributed by atoms with Gasteiger partial charge in [0.25, 0.3) is 10.0 Å². The Hall–Kier alpha value is -1.42. The molecule has 10 heteroatoms. The van der Waals surface area contributed by atoms with Crippen LogP contribution in [0, 0.1) is 5.82 Å². The molecule has 1 aromatic heterocycles. The zero-order valence-corrected chi connectivity index (χ0v) is 13.4. The number of hydrogen-bond donors (Lipinski definition) is 3. The molecule has 1 aromatic carbocycles. The van der Waals surface area contributed by atoms with Gasteiger partial charge in [0.05, 0.1) is 10.7 Å². The van der Waals surface area contributed by atoms with Crippen molar-refractivity contribution in [1.82, 2.24) is 4.98 Å². The van der Waals surface area contributed by atoms with Crippen LogP contribution >= 0.6 is 27.5 Å². The van der Waals surface area contributed by atoms with E-state index >= 15 is 0 Å². The van der Waals surface area contributed by atoms with Crippen molar-refractivity contribution >= 4 is 49.1 Å². The summed E-state index contributed by atoms with van der Waals surface area (Å²) in [6.07, 6.45) is 1.13. The highest BCUT2D eigenvalue weighted by atomic mass is 79.9. The summed E-state index contributed by atoms with van der Waals surface area (Å²) in [7, 11) is -3.91. The van der Waals surface area contributed by atoms with E-state index in [1.54, 1.807) is 0 Å². The van der Waals surface area contributed by atoms with E-state index in [-0.39, 0.29) is 20.1 Å². The second kappa shape index (κ2) is 6.14. The highest BCUT2D eigenvalue weighted by molar-refractivity contribution is 9.10. The largest absolute Gasteiger partial charge is 0.308 e. The van der Waals surface area contributed by atoms with E-state index in [1.807, 2.05) is 0 Å². The smallest absolute Gasteiger partial charge is 0.263 e. The number of anilines is 2. The van der Waals surface area contributed by atoms with Crippen molar-refractivity contribution in [2.75, 3.05) is 10.1 Å². The topological polar surface area (TPSA) is 97.1 Å². The molecule has 0 saturated carbocycles. The van der Waals surface area contributed by atoms with Crippen LogP contribution in [0.4, 0.5) is 15.9 Å². The molecule has 0 spiro atoms. The van der Waals surface area contributed by atoms with Gasteiger partial charge in [0.15, 0.2) is 0 Å². The van der Waals surface area contributed by atoms with Gasteiger partial charge >= 0.3 is 0 Å². The first kappa shape index (κ1) is 16.0. The number of hydrazine groups is 1. The van der Waals surface area contributed by atoms with Crippen LogP contribution in [0.1, 0.15) is 0 Å². The molecule has 2 aromatic rings. The number of aromatic nitrogens is 1. The highest BCUT2D eigenvalue weighted by Crippen LogP contribution is 2.33. The maximum Gasteiger partial charge on any atom is 0.263 e. The molecule has 6 nitrogen and oxygen atoms in total.